The van der Waals surface area contributed by atoms with Crippen molar-refractivity contribution in [1.82, 2.24) is 4.90 Å². The number of ether oxygens (including phenoxy) is 1. The van der Waals surface area contributed by atoms with Crippen LogP contribution in [-0.4, -0.2) is 45.7 Å². The predicted octanol–water partition coefficient (Wildman–Crippen LogP) is 4.64. The number of hydrogen-bond donors (Lipinski definition) is 1. The molecule has 1 unspecified atom stereocenters. The van der Waals surface area contributed by atoms with Gasteiger partial charge < -0.3 is 10.1 Å². The van der Waals surface area contributed by atoms with E-state index in [0.29, 0.717) is 33.7 Å². The van der Waals surface area contributed by atoms with Crippen LogP contribution in [0.3, 0.4) is 0 Å². The first-order valence-corrected chi connectivity index (χ1v) is 11.6. The maximum absolute atomic E-state index is 12.9. The molecule has 0 spiro atoms. The summed E-state index contributed by atoms with van der Waals surface area (Å²) in [5.74, 6) is -0.761. The van der Waals surface area contributed by atoms with Crippen LogP contribution in [0.5, 0.6) is 0 Å². The maximum atomic E-state index is 12.9. The number of thioether (sulfide) groups is 1. The fraction of sp³-hybridized carbons (Fsp3) is 0.304. The predicted molar refractivity (Wildman–Crippen MR) is 125 cm³/mol. The first kappa shape index (κ1) is 22.4. The van der Waals surface area contributed by atoms with E-state index in [9.17, 15) is 14.4 Å². The fourth-order valence-electron chi connectivity index (χ4n) is 3.26. The number of aliphatic imine (C=N–C) groups is 1. The molecular formula is C23H22ClN3O4S. The summed E-state index contributed by atoms with van der Waals surface area (Å²) in [7, 11) is 0. The Kier molecular flexibility index (Phi) is 6.81. The van der Waals surface area contributed by atoms with E-state index < -0.39 is 11.2 Å². The number of nitrogens with one attached hydrogen (secondary N) is 1. The van der Waals surface area contributed by atoms with Crippen LogP contribution in [0.25, 0.3) is 0 Å². The van der Waals surface area contributed by atoms with Gasteiger partial charge in [0.25, 0.3) is 0 Å². The fourth-order valence-corrected chi connectivity index (χ4v) is 4.56. The number of benzene rings is 2. The van der Waals surface area contributed by atoms with Crippen molar-refractivity contribution in [2.45, 2.75) is 37.5 Å². The highest BCUT2D eigenvalue weighted by molar-refractivity contribution is 8.15. The summed E-state index contributed by atoms with van der Waals surface area (Å²) in [5.41, 5.74) is 1.64. The standard InChI is InChI=1S/C23H22ClN3O4S/c1-2-31-22(30)14-3-7-17(8-4-14)26-23-27(18-11-12-18)20(28)13-19(32-23)21(29)25-16-9-5-15(24)6-10-16/h3-10,18-19H,2,11-13H2,1H3,(H,25,29). The van der Waals surface area contributed by atoms with Gasteiger partial charge in [0.15, 0.2) is 5.17 Å². The summed E-state index contributed by atoms with van der Waals surface area (Å²) < 4.78 is 5.00. The molecule has 2 aliphatic rings. The largest absolute Gasteiger partial charge is 0.462 e. The molecule has 1 heterocycles. The third kappa shape index (κ3) is 5.31. The molecule has 1 N–H and O–H groups in total. The molecule has 1 aliphatic heterocycles. The van der Waals surface area contributed by atoms with Gasteiger partial charge in [-0.3, -0.25) is 14.5 Å². The Morgan fingerprint density at radius 3 is 2.47 bits per heavy atom. The average Bonchev–Trinajstić information content (AvgIpc) is 3.61. The molecule has 1 saturated heterocycles. The molecular weight excluding hydrogens is 450 g/mol. The van der Waals surface area contributed by atoms with Gasteiger partial charge in [0, 0.05) is 23.2 Å². The lowest BCUT2D eigenvalue weighted by molar-refractivity contribution is -0.129. The highest BCUT2D eigenvalue weighted by Crippen LogP contribution is 2.37. The number of nitrogens with zero attached hydrogens (tertiary/aromatic N) is 2. The number of esters is 1. The second-order valence-electron chi connectivity index (χ2n) is 7.46. The lowest BCUT2D eigenvalue weighted by atomic mass is 10.2. The Bertz CT molecular complexity index is 1050. The van der Waals surface area contributed by atoms with Gasteiger partial charge in [0.2, 0.25) is 11.8 Å². The molecule has 2 fully saturated rings. The Balaban J connectivity index is 1.53. The highest BCUT2D eigenvalue weighted by Gasteiger charge is 2.43. The van der Waals surface area contributed by atoms with E-state index in [4.69, 9.17) is 16.3 Å². The number of amidine groups is 1. The second kappa shape index (κ2) is 9.75. The van der Waals surface area contributed by atoms with E-state index in [0.717, 1.165) is 12.8 Å². The zero-order valence-electron chi connectivity index (χ0n) is 17.4. The molecule has 32 heavy (non-hydrogen) atoms. The van der Waals surface area contributed by atoms with Crippen molar-refractivity contribution in [3.63, 3.8) is 0 Å². The van der Waals surface area contributed by atoms with Crippen molar-refractivity contribution < 1.29 is 19.1 Å². The summed E-state index contributed by atoms with van der Waals surface area (Å²) in [5, 5.41) is 3.33. The first-order chi connectivity index (χ1) is 15.4. The molecule has 0 bridgehead atoms. The second-order valence-corrected chi connectivity index (χ2v) is 9.07. The number of anilines is 1. The van der Waals surface area contributed by atoms with Crippen molar-refractivity contribution in [2.24, 2.45) is 4.99 Å². The van der Waals surface area contributed by atoms with Crippen LogP contribution in [0.15, 0.2) is 53.5 Å². The molecule has 166 valence electrons. The lowest BCUT2D eigenvalue weighted by Crippen LogP contribution is -2.46. The number of carbonyl (C=O) groups excluding carboxylic acids is 3. The van der Waals surface area contributed by atoms with E-state index in [1.165, 1.54) is 11.8 Å². The smallest absolute Gasteiger partial charge is 0.338 e. The quantitative estimate of drug-likeness (QED) is 0.620. The molecule has 2 aromatic carbocycles. The Labute approximate surface area is 195 Å². The Hall–Kier alpha value is -2.84. The van der Waals surface area contributed by atoms with Crippen LogP contribution in [-0.2, 0) is 14.3 Å². The van der Waals surface area contributed by atoms with E-state index in [-0.39, 0.29) is 24.3 Å². The summed E-state index contributed by atoms with van der Waals surface area (Å²) >= 11 is 7.18. The van der Waals surface area contributed by atoms with Gasteiger partial charge in [-0.25, -0.2) is 9.79 Å². The van der Waals surface area contributed by atoms with E-state index in [2.05, 4.69) is 10.3 Å². The molecule has 2 aromatic rings. The molecule has 1 atom stereocenters. The zero-order valence-corrected chi connectivity index (χ0v) is 19.0. The summed E-state index contributed by atoms with van der Waals surface area (Å²) in [6.07, 6.45) is 1.96. The molecule has 1 saturated carbocycles. The number of carbonyl (C=O) groups is 3. The number of rotatable bonds is 6. The minimum Gasteiger partial charge on any atom is -0.462 e. The summed E-state index contributed by atoms with van der Waals surface area (Å²) in [4.78, 5) is 43.9. The molecule has 9 heteroatoms. The monoisotopic (exact) mass is 471 g/mol. The number of hydrogen-bond acceptors (Lipinski definition) is 6. The molecule has 7 nitrogen and oxygen atoms in total. The van der Waals surface area contributed by atoms with Crippen molar-refractivity contribution in [3.8, 4) is 0 Å². The van der Waals surface area contributed by atoms with Gasteiger partial charge in [-0.05, 0) is 68.3 Å². The van der Waals surface area contributed by atoms with Crippen molar-refractivity contribution >= 4 is 57.7 Å². The minimum atomic E-state index is -0.592. The molecule has 0 aromatic heterocycles. The van der Waals surface area contributed by atoms with Crippen LogP contribution in [0.1, 0.15) is 36.5 Å². The normalized spacial score (nSPS) is 19.7. The Morgan fingerprint density at radius 2 is 1.84 bits per heavy atom. The molecule has 4 rings (SSSR count). The first-order valence-electron chi connectivity index (χ1n) is 10.4. The van der Waals surface area contributed by atoms with Crippen molar-refractivity contribution in [2.75, 3.05) is 11.9 Å². The van der Waals surface area contributed by atoms with Crippen LogP contribution < -0.4 is 5.32 Å². The highest BCUT2D eigenvalue weighted by atomic mass is 35.5. The number of amides is 2. The van der Waals surface area contributed by atoms with Crippen LogP contribution >= 0.6 is 23.4 Å². The molecule has 2 amide bonds. The van der Waals surface area contributed by atoms with Crippen molar-refractivity contribution in [1.29, 1.82) is 0 Å². The van der Waals surface area contributed by atoms with Crippen LogP contribution in [0.4, 0.5) is 11.4 Å². The van der Waals surface area contributed by atoms with Gasteiger partial charge in [0.1, 0.15) is 5.25 Å². The topological polar surface area (TPSA) is 88.1 Å². The van der Waals surface area contributed by atoms with Gasteiger partial charge in [-0.1, -0.05) is 23.4 Å². The zero-order chi connectivity index (χ0) is 22.7. The van der Waals surface area contributed by atoms with Crippen LogP contribution in [0, 0.1) is 0 Å². The summed E-state index contributed by atoms with van der Waals surface area (Å²) in [6, 6.07) is 13.6. The molecule has 0 radical (unpaired) electrons. The van der Waals surface area contributed by atoms with E-state index in [1.807, 2.05) is 0 Å². The lowest BCUT2D eigenvalue weighted by Gasteiger charge is -2.31. The summed E-state index contributed by atoms with van der Waals surface area (Å²) in [6.45, 7) is 2.05. The Morgan fingerprint density at radius 1 is 1.16 bits per heavy atom. The minimum absolute atomic E-state index is 0.107. The van der Waals surface area contributed by atoms with Crippen molar-refractivity contribution in [3.05, 3.63) is 59.1 Å². The van der Waals surface area contributed by atoms with E-state index >= 15 is 0 Å². The van der Waals surface area contributed by atoms with Gasteiger partial charge in [-0.15, -0.1) is 0 Å². The molecule has 1 aliphatic carbocycles. The maximum Gasteiger partial charge on any atom is 0.338 e. The van der Waals surface area contributed by atoms with E-state index in [1.54, 1.807) is 60.4 Å². The SMILES string of the molecule is CCOC(=O)c1ccc(N=C2SC(C(=O)Nc3ccc(Cl)cc3)CC(=O)N2C2CC2)cc1. The van der Waals surface area contributed by atoms with Gasteiger partial charge >= 0.3 is 5.97 Å². The third-order valence-corrected chi connectivity index (χ3v) is 6.42. The van der Waals surface area contributed by atoms with Crippen LogP contribution in [0.2, 0.25) is 5.02 Å². The number of halogens is 1. The third-order valence-electron chi connectivity index (χ3n) is 5.00. The average molecular weight is 472 g/mol. The van der Waals surface area contributed by atoms with Gasteiger partial charge in [-0.2, -0.15) is 0 Å². The van der Waals surface area contributed by atoms with Gasteiger partial charge in [0.05, 0.1) is 17.9 Å².